The molecule has 3 aromatic rings. The number of amidine groups is 1. The largest absolute Gasteiger partial charge is 0.384 e. The summed E-state index contributed by atoms with van der Waals surface area (Å²) < 4.78 is 15.0. The molecule has 2 aromatic carbocycles. The van der Waals surface area contributed by atoms with E-state index >= 15 is 0 Å². The van der Waals surface area contributed by atoms with Gasteiger partial charge in [-0.2, -0.15) is 0 Å². The standard InChI is InChI=1S/C17H15FN4/c18-14-7-5-12(6-8-14)17-21-9-10-22(17)11-13-3-1-2-4-15(13)16(19)20/h1-10H,11H2,(H3,19,20). The van der Waals surface area contributed by atoms with Gasteiger partial charge in [0.1, 0.15) is 17.5 Å². The van der Waals surface area contributed by atoms with Gasteiger partial charge >= 0.3 is 0 Å². The molecule has 0 atom stereocenters. The number of nitrogen functional groups attached to an aromatic ring is 1. The topological polar surface area (TPSA) is 67.7 Å². The minimum Gasteiger partial charge on any atom is -0.384 e. The fraction of sp³-hybridized carbons (Fsp3) is 0.0588. The lowest BCUT2D eigenvalue weighted by Crippen LogP contribution is -2.15. The first kappa shape index (κ1) is 14.0. The third-order valence-electron chi connectivity index (χ3n) is 3.47. The number of hydrogen-bond donors (Lipinski definition) is 2. The Morgan fingerprint density at radius 1 is 1.14 bits per heavy atom. The molecule has 0 aliphatic carbocycles. The highest BCUT2D eigenvalue weighted by Gasteiger charge is 2.10. The van der Waals surface area contributed by atoms with Crippen LogP contribution in [0.25, 0.3) is 11.4 Å². The number of imidazole rings is 1. The Balaban J connectivity index is 1.97. The van der Waals surface area contributed by atoms with Crippen LogP contribution in [0.2, 0.25) is 0 Å². The number of hydrogen-bond acceptors (Lipinski definition) is 2. The molecule has 0 radical (unpaired) electrons. The molecule has 3 rings (SSSR count). The van der Waals surface area contributed by atoms with Crippen molar-refractivity contribution in [2.24, 2.45) is 5.73 Å². The lowest BCUT2D eigenvalue weighted by molar-refractivity contribution is 0.628. The first-order chi connectivity index (χ1) is 10.6. The van der Waals surface area contributed by atoms with E-state index in [2.05, 4.69) is 4.98 Å². The Labute approximate surface area is 127 Å². The van der Waals surface area contributed by atoms with Crippen molar-refractivity contribution in [1.29, 1.82) is 5.41 Å². The second kappa shape index (κ2) is 5.81. The number of nitrogens with zero attached hydrogens (tertiary/aromatic N) is 2. The van der Waals surface area contributed by atoms with Gasteiger partial charge in [0.15, 0.2) is 0 Å². The summed E-state index contributed by atoms with van der Waals surface area (Å²) in [7, 11) is 0. The minimum atomic E-state index is -0.274. The minimum absolute atomic E-state index is 0.0408. The van der Waals surface area contributed by atoms with Gasteiger partial charge in [-0.25, -0.2) is 9.37 Å². The summed E-state index contributed by atoms with van der Waals surface area (Å²) >= 11 is 0. The van der Waals surface area contributed by atoms with Crippen LogP contribution in [0.4, 0.5) is 4.39 Å². The van der Waals surface area contributed by atoms with Crippen LogP contribution in [-0.2, 0) is 6.54 Å². The SMILES string of the molecule is N=C(N)c1ccccc1Cn1ccnc1-c1ccc(F)cc1. The zero-order chi connectivity index (χ0) is 15.5. The maximum atomic E-state index is 13.1. The number of halogens is 1. The molecule has 0 aliphatic heterocycles. The Kier molecular flexibility index (Phi) is 3.70. The number of nitrogens with one attached hydrogen (secondary N) is 1. The zero-order valence-electron chi connectivity index (χ0n) is 11.8. The van der Waals surface area contributed by atoms with E-state index < -0.39 is 0 Å². The molecule has 1 aromatic heterocycles. The van der Waals surface area contributed by atoms with Crippen LogP contribution in [0, 0.1) is 11.2 Å². The Hall–Kier alpha value is -2.95. The van der Waals surface area contributed by atoms with Gasteiger partial charge in [0.2, 0.25) is 0 Å². The van der Waals surface area contributed by atoms with Gasteiger partial charge < -0.3 is 10.3 Å². The van der Waals surface area contributed by atoms with Crippen molar-refractivity contribution in [1.82, 2.24) is 9.55 Å². The van der Waals surface area contributed by atoms with E-state index in [4.69, 9.17) is 11.1 Å². The van der Waals surface area contributed by atoms with Crippen molar-refractivity contribution < 1.29 is 4.39 Å². The quantitative estimate of drug-likeness (QED) is 0.573. The van der Waals surface area contributed by atoms with Gasteiger partial charge in [0.05, 0.1) is 0 Å². The second-order valence-corrected chi connectivity index (χ2v) is 4.96. The fourth-order valence-electron chi connectivity index (χ4n) is 2.40. The lowest BCUT2D eigenvalue weighted by atomic mass is 10.1. The monoisotopic (exact) mass is 294 g/mol. The van der Waals surface area contributed by atoms with Crippen molar-refractivity contribution >= 4 is 5.84 Å². The van der Waals surface area contributed by atoms with Gasteiger partial charge in [-0.15, -0.1) is 0 Å². The molecule has 110 valence electrons. The predicted octanol–water partition coefficient (Wildman–Crippen LogP) is 3.02. The van der Waals surface area contributed by atoms with Crippen molar-refractivity contribution in [3.05, 3.63) is 77.9 Å². The molecule has 4 nitrogen and oxygen atoms in total. The summed E-state index contributed by atoms with van der Waals surface area (Å²) in [5.41, 5.74) is 8.12. The third-order valence-corrected chi connectivity index (χ3v) is 3.47. The Bertz CT molecular complexity index is 806. The second-order valence-electron chi connectivity index (χ2n) is 4.96. The van der Waals surface area contributed by atoms with Gasteiger partial charge in [0, 0.05) is 30.1 Å². The molecule has 0 unspecified atom stereocenters. The van der Waals surface area contributed by atoms with Crippen LogP contribution >= 0.6 is 0 Å². The predicted molar refractivity (Wildman–Crippen MR) is 84.2 cm³/mol. The highest BCUT2D eigenvalue weighted by molar-refractivity contribution is 5.96. The Morgan fingerprint density at radius 3 is 2.59 bits per heavy atom. The summed E-state index contributed by atoms with van der Waals surface area (Å²) in [6.45, 7) is 0.544. The highest BCUT2D eigenvalue weighted by atomic mass is 19.1. The van der Waals surface area contributed by atoms with E-state index in [1.165, 1.54) is 12.1 Å². The van der Waals surface area contributed by atoms with Crippen LogP contribution in [0.1, 0.15) is 11.1 Å². The van der Waals surface area contributed by atoms with Crippen molar-refractivity contribution in [2.75, 3.05) is 0 Å². The molecule has 1 heterocycles. The Morgan fingerprint density at radius 2 is 1.86 bits per heavy atom. The molecule has 0 aliphatic rings. The molecule has 0 saturated heterocycles. The number of nitrogens with two attached hydrogens (primary N) is 1. The molecule has 0 fully saturated rings. The van der Waals surface area contributed by atoms with Gasteiger partial charge in [-0.05, 0) is 29.8 Å². The first-order valence-corrected chi connectivity index (χ1v) is 6.84. The average molecular weight is 294 g/mol. The summed E-state index contributed by atoms with van der Waals surface area (Å²) in [4.78, 5) is 4.34. The molecule has 5 heteroatoms. The van der Waals surface area contributed by atoms with Gasteiger partial charge in [-0.3, -0.25) is 5.41 Å². The maximum absolute atomic E-state index is 13.1. The van der Waals surface area contributed by atoms with Crippen LogP contribution in [0.15, 0.2) is 60.9 Å². The van der Waals surface area contributed by atoms with Crippen LogP contribution < -0.4 is 5.73 Å². The normalized spacial score (nSPS) is 10.6. The van der Waals surface area contributed by atoms with Crippen LogP contribution in [0.5, 0.6) is 0 Å². The molecule has 3 N–H and O–H groups in total. The summed E-state index contributed by atoms with van der Waals surface area (Å²) in [5, 5.41) is 7.66. The maximum Gasteiger partial charge on any atom is 0.140 e. The van der Waals surface area contributed by atoms with Gasteiger partial charge in [0.25, 0.3) is 0 Å². The fourth-order valence-corrected chi connectivity index (χ4v) is 2.40. The molecule has 22 heavy (non-hydrogen) atoms. The van der Waals surface area contributed by atoms with E-state index in [0.29, 0.717) is 12.1 Å². The van der Waals surface area contributed by atoms with Gasteiger partial charge in [-0.1, -0.05) is 24.3 Å². The van der Waals surface area contributed by atoms with E-state index in [1.807, 2.05) is 35.0 Å². The van der Waals surface area contributed by atoms with E-state index in [-0.39, 0.29) is 11.7 Å². The van der Waals surface area contributed by atoms with Crippen LogP contribution in [-0.4, -0.2) is 15.4 Å². The van der Waals surface area contributed by atoms with E-state index in [1.54, 1.807) is 18.3 Å². The van der Waals surface area contributed by atoms with Crippen molar-refractivity contribution in [3.8, 4) is 11.4 Å². The summed E-state index contributed by atoms with van der Waals surface area (Å²) in [6, 6.07) is 13.8. The van der Waals surface area contributed by atoms with Crippen molar-refractivity contribution in [3.63, 3.8) is 0 Å². The van der Waals surface area contributed by atoms with E-state index in [9.17, 15) is 4.39 Å². The molecule has 0 amide bonds. The first-order valence-electron chi connectivity index (χ1n) is 6.84. The molecular formula is C17H15FN4. The van der Waals surface area contributed by atoms with Crippen molar-refractivity contribution in [2.45, 2.75) is 6.54 Å². The zero-order valence-corrected chi connectivity index (χ0v) is 11.8. The van der Waals surface area contributed by atoms with E-state index in [0.717, 1.165) is 17.0 Å². The lowest BCUT2D eigenvalue weighted by Gasteiger charge is -2.11. The molecule has 0 bridgehead atoms. The van der Waals surface area contributed by atoms with Crippen LogP contribution in [0.3, 0.4) is 0 Å². The number of aromatic nitrogens is 2. The molecule has 0 saturated carbocycles. The summed E-state index contributed by atoms with van der Waals surface area (Å²) in [6.07, 6.45) is 3.56. The molecule has 0 spiro atoms. The smallest absolute Gasteiger partial charge is 0.140 e. The third kappa shape index (κ3) is 2.74. The molecular weight excluding hydrogens is 279 g/mol. The number of rotatable bonds is 4. The highest BCUT2D eigenvalue weighted by Crippen LogP contribution is 2.20. The summed E-state index contributed by atoms with van der Waals surface area (Å²) in [5.74, 6) is 0.515. The average Bonchev–Trinajstić information content (AvgIpc) is 2.96. The number of benzene rings is 2.